The summed E-state index contributed by atoms with van der Waals surface area (Å²) in [6, 6.07) is 0. The molecule has 0 aromatic carbocycles. The lowest BCUT2D eigenvalue weighted by molar-refractivity contribution is -0.144. The minimum atomic E-state index is -0.467. The highest BCUT2D eigenvalue weighted by atomic mass is 32.1. The maximum atomic E-state index is 12.7. The zero-order chi connectivity index (χ0) is 17.5. The molecule has 0 N–H and O–H groups in total. The molecule has 2 aromatic rings. The Hall–Kier alpha value is -1.76. The fraction of sp³-hybridized carbons (Fsp3) is 0.647. The van der Waals surface area contributed by atoms with Crippen molar-refractivity contribution < 1.29 is 9.53 Å². The zero-order valence-electron chi connectivity index (χ0n) is 14.6. The van der Waals surface area contributed by atoms with Gasteiger partial charge in [-0.2, -0.15) is 4.68 Å². The zero-order valence-corrected chi connectivity index (χ0v) is 15.4. The summed E-state index contributed by atoms with van der Waals surface area (Å²) in [6.07, 6.45) is 2.94. The molecule has 0 aliphatic heterocycles. The largest absolute Gasteiger partial charge is 0.465 e. The van der Waals surface area contributed by atoms with Gasteiger partial charge in [0.1, 0.15) is 6.54 Å². The van der Waals surface area contributed by atoms with E-state index in [0.29, 0.717) is 16.1 Å². The van der Waals surface area contributed by atoms with E-state index in [4.69, 9.17) is 4.74 Å². The number of rotatable bonds is 3. The van der Waals surface area contributed by atoms with Crippen molar-refractivity contribution in [1.29, 1.82) is 0 Å². The van der Waals surface area contributed by atoms with Gasteiger partial charge in [0.05, 0.1) is 12.0 Å². The van der Waals surface area contributed by atoms with Crippen molar-refractivity contribution in [2.45, 2.75) is 53.5 Å². The lowest BCUT2D eigenvalue weighted by Gasteiger charge is -2.33. The lowest BCUT2D eigenvalue weighted by Crippen LogP contribution is -2.29. The van der Waals surface area contributed by atoms with Crippen molar-refractivity contribution >= 4 is 27.5 Å². The van der Waals surface area contributed by atoms with Crippen LogP contribution in [0.3, 0.4) is 0 Å². The molecule has 3 rings (SSSR count). The van der Waals surface area contributed by atoms with Gasteiger partial charge in [-0.3, -0.25) is 9.59 Å². The smallest absolute Gasteiger partial charge is 0.327 e. The molecule has 0 saturated heterocycles. The fourth-order valence-corrected chi connectivity index (χ4v) is 4.53. The molecular weight excluding hydrogens is 326 g/mol. The Morgan fingerprint density at radius 2 is 2.17 bits per heavy atom. The molecule has 0 saturated carbocycles. The van der Waals surface area contributed by atoms with Crippen LogP contribution in [0.2, 0.25) is 0 Å². The summed E-state index contributed by atoms with van der Waals surface area (Å²) >= 11 is 1.57. The first-order valence-corrected chi connectivity index (χ1v) is 9.16. The lowest BCUT2D eigenvalue weighted by atomic mass is 9.72. The molecule has 0 spiro atoms. The quantitative estimate of drug-likeness (QED) is 0.796. The number of fused-ring (bicyclic) bond motifs is 3. The summed E-state index contributed by atoms with van der Waals surface area (Å²) in [4.78, 5) is 26.3. The topological polar surface area (TPSA) is 74.1 Å². The van der Waals surface area contributed by atoms with E-state index in [9.17, 15) is 9.59 Å². The molecule has 0 radical (unpaired) electrons. The monoisotopic (exact) mass is 349 g/mol. The van der Waals surface area contributed by atoms with Gasteiger partial charge in [0, 0.05) is 4.88 Å². The van der Waals surface area contributed by atoms with E-state index in [1.807, 2.05) is 0 Å². The van der Waals surface area contributed by atoms with Gasteiger partial charge in [-0.1, -0.05) is 26.0 Å². The second-order valence-corrected chi connectivity index (χ2v) is 8.43. The van der Waals surface area contributed by atoms with Crippen LogP contribution in [-0.2, 0) is 28.9 Å². The molecule has 0 amide bonds. The highest BCUT2D eigenvalue weighted by Crippen LogP contribution is 2.41. The van der Waals surface area contributed by atoms with Gasteiger partial charge in [-0.05, 0) is 43.1 Å². The van der Waals surface area contributed by atoms with Crippen molar-refractivity contribution in [3.63, 3.8) is 0 Å². The first-order chi connectivity index (χ1) is 11.3. The summed E-state index contributed by atoms with van der Waals surface area (Å²) < 4.78 is 6.01. The summed E-state index contributed by atoms with van der Waals surface area (Å²) in [7, 11) is 0. The molecule has 1 atom stereocenters. The third-order valence-corrected chi connectivity index (χ3v) is 5.89. The normalized spacial score (nSPS) is 17.8. The standard InChI is InChI=1S/C17H23N3O3S/c1-5-23-13(21)9-20-16(22)14-11-7-6-10(17(2,3)4)8-12(11)24-15(14)18-19-20/h10H,5-9H2,1-4H3/t10-/m1/s1. The minimum absolute atomic E-state index is 0.190. The van der Waals surface area contributed by atoms with Gasteiger partial charge in [0.2, 0.25) is 0 Å². The van der Waals surface area contributed by atoms with Crippen LogP contribution in [0.4, 0.5) is 0 Å². The number of aromatic nitrogens is 3. The molecule has 0 unspecified atom stereocenters. The molecule has 24 heavy (non-hydrogen) atoms. The summed E-state index contributed by atoms with van der Waals surface area (Å²) in [5.41, 5.74) is 1.12. The summed E-state index contributed by atoms with van der Waals surface area (Å²) in [5.74, 6) is 0.137. The average Bonchev–Trinajstić information content (AvgIpc) is 2.87. The van der Waals surface area contributed by atoms with Gasteiger partial charge in [0.25, 0.3) is 5.56 Å². The Labute approximate surface area is 144 Å². The Morgan fingerprint density at radius 1 is 1.42 bits per heavy atom. The molecule has 1 aliphatic carbocycles. The van der Waals surface area contributed by atoms with Crippen LogP contribution in [0, 0.1) is 11.3 Å². The number of carbonyl (C=O) groups excluding carboxylic acids is 1. The molecule has 2 aromatic heterocycles. The highest BCUT2D eigenvalue weighted by molar-refractivity contribution is 7.18. The summed E-state index contributed by atoms with van der Waals surface area (Å²) in [5, 5.41) is 8.72. The van der Waals surface area contributed by atoms with Crippen molar-refractivity contribution in [3.8, 4) is 0 Å². The van der Waals surface area contributed by atoms with E-state index in [-0.39, 0.29) is 24.1 Å². The molecule has 0 fully saturated rings. The van der Waals surface area contributed by atoms with Gasteiger partial charge < -0.3 is 4.74 Å². The van der Waals surface area contributed by atoms with E-state index in [1.54, 1.807) is 18.3 Å². The second-order valence-electron chi connectivity index (χ2n) is 7.35. The predicted molar refractivity (Wildman–Crippen MR) is 93.3 cm³/mol. The van der Waals surface area contributed by atoms with Crippen LogP contribution in [0.15, 0.2) is 4.79 Å². The molecule has 7 heteroatoms. The molecule has 0 bridgehead atoms. The molecule has 2 heterocycles. The van der Waals surface area contributed by atoms with Crippen molar-refractivity contribution in [2.75, 3.05) is 6.61 Å². The Kier molecular flexibility index (Phi) is 4.46. The van der Waals surface area contributed by atoms with E-state index in [1.165, 1.54) is 4.88 Å². The summed E-state index contributed by atoms with van der Waals surface area (Å²) in [6.45, 7) is 8.62. The third-order valence-electron chi connectivity index (χ3n) is 4.75. The average molecular weight is 349 g/mol. The second kappa shape index (κ2) is 6.27. The van der Waals surface area contributed by atoms with Crippen LogP contribution in [0.25, 0.3) is 10.2 Å². The maximum Gasteiger partial charge on any atom is 0.327 e. The molecule has 130 valence electrons. The number of aryl methyl sites for hydroxylation is 1. The number of nitrogens with zero attached hydrogens (tertiary/aromatic N) is 3. The van der Waals surface area contributed by atoms with Crippen LogP contribution < -0.4 is 5.56 Å². The molecular formula is C17H23N3O3S. The molecule has 1 aliphatic rings. The van der Waals surface area contributed by atoms with Crippen molar-refractivity contribution in [2.24, 2.45) is 11.3 Å². The Bertz CT molecular complexity index is 832. The number of esters is 1. The first-order valence-electron chi connectivity index (χ1n) is 8.35. The van der Waals surface area contributed by atoms with Crippen molar-refractivity contribution in [3.05, 3.63) is 20.8 Å². The van der Waals surface area contributed by atoms with Crippen LogP contribution in [-0.4, -0.2) is 27.6 Å². The minimum Gasteiger partial charge on any atom is -0.465 e. The van der Waals surface area contributed by atoms with Crippen LogP contribution in [0.5, 0.6) is 0 Å². The highest BCUT2D eigenvalue weighted by Gasteiger charge is 2.32. The van der Waals surface area contributed by atoms with Crippen LogP contribution >= 0.6 is 11.3 Å². The Balaban J connectivity index is 1.99. The maximum absolute atomic E-state index is 12.7. The number of carbonyl (C=O) groups is 1. The fourth-order valence-electron chi connectivity index (χ4n) is 3.30. The number of ether oxygens (including phenoxy) is 1. The van der Waals surface area contributed by atoms with Gasteiger partial charge in [-0.25, -0.2) is 0 Å². The van der Waals surface area contributed by atoms with Gasteiger partial charge >= 0.3 is 5.97 Å². The van der Waals surface area contributed by atoms with Gasteiger partial charge in [-0.15, -0.1) is 16.4 Å². The SMILES string of the molecule is CCOC(=O)Cn1nnc2sc3c(c2c1=O)CC[C@@H](C(C)(C)C)C3. The number of hydrogen-bond donors (Lipinski definition) is 0. The van der Waals surface area contributed by atoms with Crippen LogP contribution in [0.1, 0.15) is 44.6 Å². The van der Waals surface area contributed by atoms with Crippen molar-refractivity contribution in [1.82, 2.24) is 15.0 Å². The third kappa shape index (κ3) is 3.09. The van der Waals surface area contributed by atoms with E-state index >= 15 is 0 Å². The predicted octanol–water partition coefficient (Wildman–Crippen LogP) is 2.57. The van der Waals surface area contributed by atoms with E-state index in [2.05, 4.69) is 31.1 Å². The Morgan fingerprint density at radius 3 is 2.83 bits per heavy atom. The van der Waals surface area contributed by atoms with Gasteiger partial charge in [0.15, 0.2) is 4.83 Å². The van der Waals surface area contributed by atoms with E-state index in [0.717, 1.165) is 29.5 Å². The number of thiophene rings is 1. The molecule has 6 nitrogen and oxygen atoms in total. The number of hydrogen-bond acceptors (Lipinski definition) is 6. The van der Waals surface area contributed by atoms with E-state index < -0.39 is 5.97 Å². The first kappa shape index (κ1) is 17.1.